The number of fused-ring (bicyclic) bond motifs is 1. The molecule has 3 N–H and O–H groups in total. The Balaban J connectivity index is 1.28. The average Bonchev–Trinajstić information content (AvgIpc) is 3.54. The van der Waals surface area contributed by atoms with Gasteiger partial charge < -0.3 is 20.7 Å². The topological polar surface area (TPSA) is 124 Å². The molecule has 4 aromatic rings. The molecular formula is C25H27FN8O2. The Labute approximate surface area is 207 Å². The Morgan fingerprint density at radius 3 is 2.83 bits per heavy atom. The number of carbonyl (C=O) groups is 1. The van der Waals surface area contributed by atoms with Crippen molar-refractivity contribution >= 4 is 28.4 Å². The summed E-state index contributed by atoms with van der Waals surface area (Å²) in [5.74, 6) is 0.463. The van der Waals surface area contributed by atoms with E-state index in [2.05, 4.69) is 30.5 Å². The van der Waals surface area contributed by atoms with Crippen LogP contribution in [0.4, 0.5) is 16.0 Å². The molecule has 0 radical (unpaired) electrons. The minimum absolute atomic E-state index is 0.347. The second-order valence-corrected chi connectivity index (χ2v) is 8.72. The summed E-state index contributed by atoms with van der Waals surface area (Å²) in [5, 5.41) is 12.0. The third-order valence-corrected chi connectivity index (χ3v) is 6.15. The van der Waals surface area contributed by atoms with E-state index in [0.717, 1.165) is 24.1 Å². The number of nitrogens with two attached hydrogens (primary N) is 1. The summed E-state index contributed by atoms with van der Waals surface area (Å²) in [7, 11) is 0. The van der Waals surface area contributed by atoms with Crippen molar-refractivity contribution in [3.05, 3.63) is 66.4 Å². The first kappa shape index (κ1) is 23.6. The fourth-order valence-corrected chi connectivity index (χ4v) is 4.42. The van der Waals surface area contributed by atoms with Crippen LogP contribution in [0.15, 0.2) is 55.0 Å². The zero-order chi connectivity index (χ0) is 24.9. The molecule has 10 nitrogen and oxygen atoms in total. The smallest absolute Gasteiger partial charge is 0.246 e. The summed E-state index contributed by atoms with van der Waals surface area (Å²) < 4.78 is 20.9. The summed E-state index contributed by atoms with van der Waals surface area (Å²) in [6, 6.07) is 10.3. The van der Waals surface area contributed by atoms with Crippen LogP contribution in [0.1, 0.15) is 30.9 Å². The molecule has 1 fully saturated rings. The molecule has 186 valence electrons. The van der Waals surface area contributed by atoms with Crippen molar-refractivity contribution in [1.82, 2.24) is 29.9 Å². The van der Waals surface area contributed by atoms with E-state index in [9.17, 15) is 9.18 Å². The highest BCUT2D eigenvalue weighted by Gasteiger charge is 2.22. The predicted octanol–water partition coefficient (Wildman–Crippen LogP) is 3.04. The molecule has 0 bridgehead atoms. The number of carbonyl (C=O) groups excluding carboxylic acids is 1. The largest absolute Gasteiger partial charge is 0.493 e. The summed E-state index contributed by atoms with van der Waals surface area (Å²) in [4.78, 5) is 23.3. The van der Waals surface area contributed by atoms with Crippen LogP contribution in [0.25, 0.3) is 10.9 Å². The van der Waals surface area contributed by atoms with E-state index in [4.69, 9.17) is 10.5 Å². The standard InChI is InChI=1S/C25H27FN8O2/c26-18-6-3-5-17(13-18)23(24(27)35)34-15-22(31-32-34)30-25-20-8-7-19(14-21(20)28-16-29-25)36-12-4-11-33-9-1-2-10-33/h3,5-8,13-16,23H,1-2,4,9-12H2,(H2,27,35)(H,28,29,30). The fourth-order valence-electron chi connectivity index (χ4n) is 4.42. The van der Waals surface area contributed by atoms with E-state index in [1.54, 1.807) is 6.07 Å². The second kappa shape index (κ2) is 10.6. The molecule has 0 saturated carbocycles. The van der Waals surface area contributed by atoms with Crippen molar-refractivity contribution in [2.45, 2.75) is 25.3 Å². The Morgan fingerprint density at radius 2 is 2.03 bits per heavy atom. The van der Waals surface area contributed by atoms with Gasteiger partial charge in [0.1, 0.15) is 23.7 Å². The first-order valence-electron chi connectivity index (χ1n) is 11.9. The number of nitrogens with one attached hydrogen (secondary N) is 1. The Bertz CT molecular complexity index is 1350. The summed E-state index contributed by atoms with van der Waals surface area (Å²) in [6.45, 7) is 4.07. The average molecular weight is 491 g/mol. The van der Waals surface area contributed by atoms with Gasteiger partial charge in [0.15, 0.2) is 11.9 Å². The zero-order valence-corrected chi connectivity index (χ0v) is 19.7. The number of nitrogens with zero attached hydrogens (tertiary/aromatic N) is 6. The van der Waals surface area contributed by atoms with Crippen molar-refractivity contribution in [2.75, 3.05) is 31.6 Å². The van der Waals surface area contributed by atoms with Gasteiger partial charge in [-0.25, -0.2) is 19.0 Å². The Morgan fingerprint density at radius 1 is 1.17 bits per heavy atom. The van der Waals surface area contributed by atoms with Gasteiger partial charge in [-0.2, -0.15) is 0 Å². The first-order valence-corrected chi connectivity index (χ1v) is 11.9. The lowest BCUT2D eigenvalue weighted by atomic mass is 10.1. The third kappa shape index (κ3) is 5.41. The number of primary amides is 1. The van der Waals surface area contributed by atoms with Gasteiger partial charge in [-0.15, -0.1) is 5.10 Å². The molecule has 1 aliphatic rings. The van der Waals surface area contributed by atoms with Gasteiger partial charge in [0.2, 0.25) is 5.91 Å². The fraction of sp³-hybridized carbons (Fsp3) is 0.320. The number of likely N-dealkylation sites (tertiary alicyclic amines) is 1. The first-order chi connectivity index (χ1) is 17.6. The monoisotopic (exact) mass is 490 g/mol. The molecule has 2 aromatic carbocycles. The van der Waals surface area contributed by atoms with Crippen LogP contribution in [-0.2, 0) is 4.79 Å². The molecule has 1 saturated heterocycles. The highest BCUT2D eigenvalue weighted by molar-refractivity contribution is 5.91. The Kier molecular flexibility index (Phi) is 6.99. The molecule has 0 aliphatic carbocycles. The van der Waals surface area contributed by atoms with E-state index < -0.39 is 17.8 Å². The minimum atomic E-state index is -1.00. The van der Waals surface area contributed by atoms with E-state index in [1.165, 1.54) is 61.3 Å². The molecule has 5 rings (SSSR count). The van der Waals surface area contributed by atoms with Gasteiger partial charge in [0, 0.05) is 18.0 Å². The van der Waals surface area contributed by atoms with Gasteiger partial charge in [-0.3, -0.25) is 4.79 Å². The number of benzene rings is 2. The third-order valence-electron chi connectivity index (χ3n) is 6.15. The lowest BCUT2D eigenvalue weighted by Gasteiger charge is -2.14. The van der Waals surface area contributed by atoms with Crippen molar-refractivity contribution in [1.29, 1.82) is 0 Å². The lowest BCUT2D eigenvalue weighted by Crippen LogP contribution is -2.28. The molecule has 1 aliphatic heterocycles. The number of anilines is 2. The summed E-state index contributed by atoms with van der Waals surface area (Å²) in [5.41, 5.74) is 6.66. The summed E-state index contributed by atoms with van der Waals surface area (Å²) in [6.07, 6.45) is 6.52. The highest BCUT2D eigenvalue weighted by Crippen LogP contribution is 2.26. The van der Waals surface area contributed by atoms with Gasteiger partial charge in [-0.1, -0.05) is 17.3 Å². The van der Waals surface area contributed by atoms with Crippen LogP contribution < -0.4 is 15.8 Å². The van der Waals surface area contributed by atoms with Crippen molar-refractivity contribution in [2.24, 2.45) is 5.73 Å². The Hall–Kier alpha value is -4.12. The maximum absolute atomic E-state index is 13.7. The zero-order valence-electron chi connectivity index (χ0n) is 19.7. The lowest BCUT2D eigenvalue weighted by molar-refractivity contribution is -0.120. The van der Waals surface area contributed by atoms with Gasteiger partial charge in [0.05, 0.1) is 18.3 Å². The molecule has 1 atom stereocenters. The molecule has 0 spiro atoms. The predicted molar refractivity (Wildman–Crippen MR) is 132 cm³/mol. The molecule has 1 amide bonds. The SMILES string of the molecule is NC(=O)C(c1cccc(F)c1)n1cc(Nc2ncnc3cc(OCCCN4CCCC4)ccc23)nn1. The quantitative estimate of drug-likeness (QED) is 0.325. The van der Waals surface area contributed by atoms with Crippen molar-refractivity contribution in [3.63, 3.8) is 0 Å². The molecule has 3 heterocycles. The van der Waals surface area contributed by atoms with E-state index >= 15 is 0 Å². The maximum Gasteiger partial charge on any atom is 0.246 e. The van der Waals surface area contributed by atoms with Gasteiger partial charge >= 0.3 is 0 Å². The van der Waals surface area contributed by atoms with E-state index in [-0.39, 0.29) is 0 Å². The van der Waals surface area contributed by atoms with Crippen LogP contribution in [0.5, 0.6) is 5.75 Å². The van der Waals surface area contributed by atoms with E-state index in [1.807, 2.05) is 18.2 Å². The van der Waals surface area contributed by atoms with Crippen LogP contribution >= 0.6 is 0 Å². The van der Waals surface area contributed by atoms with Crippen LogP contribution in [0.2, 0.25) is 0 Å². The normalized spacial score (nSPS) is 14.7. The molecule has 1 unspecified atom stereocenters. The number of hydrogen-bond donors (Lipinski definition) is 2. The second-order valence-electron chi connectivity index (χ2n) is 8.72. The number of hydrogen-bond acceptors (Lipinski definition) is 8. The summed E-state index contributed by atoms with van der Waals surface area (Å²) >= 11 is 0. The van der Waals surface area contributed by atoms with Crippen molar-refractivity contribution < 1.29 is 13.9 Å². The maximum atomic E-state index is 13.7. The molecule has 2 aromatic heterocycles. The number of amides is 1. The number of halogens is 1. The van der Waals surface area contributed by atoms with Crippen LogP contribution in [-0.4, -0.2) is 62.0 Å². The number of ether oxygens (including phenoxy) is 1. The van der Waals surface area contributed by atoms with E-state index in [0.29, 0.717) is 29.3 Å². The van der Waals surface area contributed by atoms with Crippen LogP contribution in [0, 0.1) is 5.82 Å². The van der Waals surface area contributed by atoms with Gasteiger partial charge in [0.25, 0.3) is 0 Å². The molecular weight excluding hydrogens is 463 g/mol. The van der Waals surface area contributed by atoms with Gasteiger partial charge in [-0.05, 0) is 62.2 Å². The minimum Gasteiger partial charge on any atom is -0.493 e. The number of aromatic nitrogens is 5. The number of rotatable bonds is 10. The highest BCUT2D eigenvalue weighted by atomic mass is 19.1. The van der Waals surface area contributed by atoms with Crippen molar-refractivity contribution in [3.8, 4) is 5.75 Å². The molecule has 11 heteroatoms. The van der Waals surface area contributed by atoms with Crippen LogP contribution in [0.3, 0.4) is 0 Å². The molecule has 36 heavy (non-hydrogen) atoms.